The number of unbranched alkanes of at least 4 members (excludes halogenated alkanes) is 2. The number of aromatic nitrogens is 1. The molecule has 0 spiro atoms. The van der Waals surface area contributed by atoms with Gasteiger partial charge in [0.15, 0.2) is 8.32 Å². The lowest BCUT2D eigenvalue weighted by molar-refractivity contribution is 0.174. The van der Waals surface area contributed by atoms with Gasteiger partial charge in [-0.25, -0.2) is 0 Å². The summed E-state index contributed by atoms with van der Waals surface area (Å²) in [5.74, 6) is 0. The van der Waals surface area contributed by atoms with E-state index in [0.29, 0.717) is 15.5 Å². The number of nitrogens with zero attached hydrogens (tertiary/aromatic N) is 1. The summed E-state index contributed by atoms with van der Waals surface area (Å²) < 4.78 is 6.88. The van der Waals surface area contributed by atoms with E-state index in [0.717, 1.165) is 42.2 Å². The van der Waals surface area contributed by atoms with Crippen molar-refractivity contribution < 1.29 is 4.43 Å². The van der Waals surface area contributed by atoms with E-state index in [2.05, 4.69) is 46.5 Å². The van der Waals surface area contributed by atoms with Gasteiger partial charge in [0.25, 0.3) is 0 Å². The lowest BCUT2D eigenvalue weighted by Gasteiger charge is -2.34. The van der Waals surface area contributed by atoms with Crippen molar-refractivity contribution in [1.29, 1.82) is 0 Å². The average molecular weight is 433 g/mol. The van der Waals surface area contributed by atoms with Crippen LogP contribution in [0.15, 0.2) is 6.20 Å². The quantitative estimate of drug-likeness (QED) is 0.257. The second-order valence-electron chi connectivity index (χ2n) is 8.93. The minimum absolute atomic E-state index is 0.0205. The van der Waals surface area contributed by atoms with E-state index in [1.165, 1.54) is 19.3 Å². The van der Waals surface area contributed by atoms with Gasteiger partial charge in [0, 0.05) is 11.8 Å². The first-order valence-electron chi connectivity index (χ1n) is 10.6. The lowest BCUT2D eigenvalue weighted by Crippen LogP contribution is -2.37. The third-order valence-corrected chi connectivity index (χ3v) is 11.2. The first-order chi connectivity index (χ1) is 12.6. The highest BCUT2D eigenvalue weighted by Crippen LogP contribution is 2.40. The van der Waals surface area contributed by atoms with Gasteiger partial charge < -0.3 is 4.43 Å². The van der Waals surface area contributed by atoms with Crippen LogP contribution in [-0.4, -0.2) is 13.3 Å². The van der Waals surface area contributed by atoms with Gasteiger partial charge in [-0.3, -0.25) is 4.98 Å². The molecule has 0 N–H and O–H groups in total. The molecule has 0 saturated carbocycles. The summed E-state index contributed by atoms with van der Waals surface area (Å²) in [6, 6.07) is 3.37. The Morgan fingerprint density at radius 2 is 1.63 bits per heavy atom. The van der Waals surface area contributed by atoms with Gasteiger partial charge in [-0.2, -0.15) is 0 Å². The van der Waals surface area contributed by atoms with Crippen molar-refractivity contribution in [3.05, 3.63) is 27.5 Å². The van der Waals surface area contributed by atoms with Gasteiger partial charge >= 0.3 is 0 Å². The van der Waals surface area contributed by atoms with Crippen LogP contribution in [0.5, 0.6) is 0 Å². The minimum Gasteiger partial charge on any atom is -0.410 e. The molecule has 1 atom stereocenters. The zero-order valence-corrected chi connectivity index (χ0v) is 20.9. The molecule has 0 aliphatic rings. The molecule has 156 valence electrons. The molecule has 0 aliphatic carbocycles. The van der Waals surface area contributed by atoms with E-state index >= 15 is 0 Å². The Morgan fingerprint density at radius 3 is 2.15 bits per heavy atom. The van der Waals surface area contributed by atoms with Gasteiger partial charge in [-0.05, 0) is 43.3 Å². The predicted molar refractivity (Wildman–Crippen MR) is 123 cm³/mol. The second-order valence-corrected chi connectivity index (χ2v) is 14.4. The predicted octanol–water partition coefficient (Wildman–Crippen LogP) is 8.76. The maximum Gasteiger partial charge on any atom is 0.192 e. The molecule has 1 aromatic rings. The SMILES string of the molecule is CC[Si](CC)(CC)OC(CCCCCC(C)(C)C)c1c(Cl)cnc(C)c1Cl. The third kappa shape index (κ3) is 7.68. The Morgan fingerprint density at radius 1 is 1.04 bits per heavy atom. The van der Waals surface area contributed by atoms with Crippen LogP contribution in [0.2, 0.25) is 28.2 Å². The Hall–Kier alpha value is -0.0931. The van der Waals surface area contributed by atoms with Gasteiger partial charge in [0.05, 0.1) is 21.8 Å². The number of halogens is 2. The van der Waals surface area contributed by atoms with Gasteiger partial charge in [0.1, 0.15) is 0 Å². The fourth-order valence-corrected chi connectivity index (χ4v) is 7.03. The summed E-state index contributed by atoms with van der Waals surface area (Å²) in [5.41, 5.74) is 2.18. The molecule has 5 heteroatoms. The van der Waals surface area contributed by atoms with E-state index in [1.807, 2.05) is 6.92 Å². The normalized spacial score (nSPS) is 13.8. The first-order valence-corrected chi connectivity index (χ1v) is 13.9. The second kappa shape index (κ2) is 11.2. The summed E-state index contributed by atoms with van der Waals surface area (Å²) in [5, 5.41) is 1.31. The van der Waals surface area contributed by atoms with Crippen molar-refractivity contribution in [3.63, 3.8) is 0 Å². The average Bonchev–Trinajstić information content (AvgIpc) is 2.61. The largest absolute Gasteiger partial charge is 0.410 e. The zero-order chi connectivity index (χ0) is 20.7. The molecule has 0 saturated heterocycles. The fourth-order valence-electron chi connectivity index (χ4n) is 3.60. The van der Waals surface area contributed by atoms with Crippen LogP contribution >= 0.6 is 23.2 Å². The smallest absolute Gasteiger partial charge is 0.192 e. The van der Waals surface area contributed by atoms with E-state index < -0.39 is 8.32 Å². The van der Waals surface area contributed by atoms with Crippen LogP contribution in [0.1, 0.15) is 91.0 Å². The molecule has 0 aliphatic heterocycles. The number of pyridine rings is 1. The highest BCUT2D eigenvalue weighted by molar-refractivity contribution is 6.73. The number of hydrogen-bond donors (Lipinski definition) is 0. The molecule has 0 amide bonds. The molecule has 0 radical (unpaired) electrons. The van der Waals surface area contributed by atoms with Crippen molar-refractivity contribution in [2.75, 3.05) is 0 Å². The van der Waals surface area contributed by atoms with Crippen molar-refractivity contribution in [3.8, 4) is 0 Å². The van der Waals surface area contributed by atoms with Crippen LogP contribution in [0.25, 0.3) is 0 Å². The van der Waals surface area contributed by atoms with Crippen LogP contribution < -0.4 is 0 Å². The molecular formula is C22H39Cl2NOSi. The van der Waals surface area contributed by atoms with Crippen LogP contribution in [0.3, 0.4) is 0 Å². The van der Waals surface area contributed by atoms with Crippen molar-refractivity contribution in [1.82, 2.24) is 4.98 Å². The molecule has 1 rings (SSSR count). The third-order valence-electron chi connectivity index (χ3n) is 5.72. The molecular weight excluding hydrogens is 393 g/mol. The summed E-state index contributed by atoms with van der Waals surface area (Å²) in [4.78, 5) is 4.31. The molecule has 0 bridgehead atoms. The summed E-state index contributed by atoms with van der Waals surface area (Å²) in [7, 11) is -1.76. The first kappa shape index (κ1) is 24.9. The highest BCUT2D eigenvalue weighted by atomic mass is 35.5. The highest BCUT2D eigenvalue weighted by Gasteiger charge is 2.34. The summed E-state index contributed by atoms with van der Waals surface area (Å²) in [6.45, 7) is 15.7. The van der Waals surface area contributed by atoms with Gasteiger partial charge in [-0.1, -0.05) is 84.0 Å². The van der Waals surface area contributed by atoms with E-state index in [1.54, 1.807) is 6.20 Å². The lowest BCUT2D eigenvalue weighted by atomic mass is 9.89. The molecule has 2 nitrogen and oxygen atoms in total. The van der Waals surface area contributed by atoms with Crippen molar-refractivity contribution in [2.45, 2.75) is 105 Å². The topological polar surface area (TPSA) is 22.1 Å². The minimum atomic E-state index is -1.76. The molecule has 1 unspecified atom stereocenters. The Labute approximate surface area is 178 Å². The Balaban J connectivity index is 2.99. The van der Waals surface area contributed by atoms with Crippen LogP contribution in [-0.2, 0) is 4.43 Å². The van der Waals surface area contributed by atoms with Gasteiger partial charge in [0.2, 0.25) is 0 Å². The molecule has 1 heterocycles. The Kier molecular flexibility index (Phi) is 10.3. The summed E-state index contributed by atoms with van der Waals surface area (Å²) >= 11 is 13.2. The van der Waals surface area contributed by atoms with Gasteiger partial charge in [-0.15, -0.1) is 0 Å². The standard InChI is InChI=1S/C22H39Cl2NOSi/c1-8-27(9-2,10-3)26-19(14-12-11-13-15-22(5,6)7)20-18(23)16-25-17(4)21(20)24/h16,19H,8-15H2,1-7H3. The fraction of sp³-hybridized carbons (Fsp3) is 0.773. The van der Waals surface area contributed by atoms with E-state index in [-0.39, 0.29) is 6.10 Å². The molecule has 27 heavy (non-hydrogen) atoms. The van der Waals surface area contributed by atoms with Crippen LogP contribution in [0, 0.1) is 12.3 Å². The number of hydrogen-bond acceptors (Lipinski definition) is 2. The number of rotatable bonds is 11. The zero-order valence-electron chi connectivity index (χ0n) is 18.4. The maximum atomic E-state index is 6.88. The van der Waals surface area contributed by atoms with Crippen molar-refractivity contribution >= 4 is 31.5 Å². The molecule has 0 aromatic carbocycles. The maximum absolute atomic E-state index is 6.88. The molecule has 1 aromatic heterocycles. The van der Waals surface area contributed by atoms with E-state index in [9.17, 15) is 0 Å². The van der Waals surface area contributed by atoms with Crippen LogP contribution in [0.4, 0.5) is 0 Å². The van der Waals surface area contributed by atoms with E-state index in [4.69, 9.17) is 27.6 Å². The van der Waals surface area contributed by atoms with Crippen molar-refractivity contribution in [2.24, 2.45) is 5.41 Å². The Bertz CT molecular complexity index is 574. The number of aryl methyl sites for hydroxylation is 1. The monoisotopic (exact) mass is 431 g/mol. The summed E-state index contributed by atoms with van der Waals surface area (Å²) in [6.07, 6.45) is 7.54. The molecule has 0 fully saturated rings.